The van der Waals surface area contributed by atoms with Crippen LogP contribution in [-0.4, -0.2) is 33.9 Å². The molecule has 0 aliphatic carbocycles. The predicted molar refractivity (Wildman–Crippen MR) is 60.6 cm³/mol. The molecule has 1 aromatic rings. The Balaban J connectivity index is 2.05. The summed E-state index contributed by atoms with van der Waals surface area (Å²) in [6.45, 7) is 4.41. The van der Waals surface area contributed by atoms with Gasteiger partial charge < -0.3 is 15.0 Å². The maximum absolute atomic E-state index is 8.82. The van der Waals surface area contributed by atoms with E-state index in [9.17, 15) is 0 Å². The van der Waals surface area contributed by atoms with Gasteiger partial charge in [0.15, 0.2) is 0 Å². The van der Waals surface area contributed by atoms with Crippen LogP contribution in [0.25, 0.3) is 0 Å². The van der Waals surface area contributed by atoms with Gasteiger partial charge in [0.25, 0.3) is 0 Å². The van der Waals surface area contributed by atoms with E-state index in [1.165, 1.54) is 0 Å². The molecule has 1 atom stereocenters. The van der Waals surface area contributed by atoms with Crippen LogP contribution in [0.4, 0.5) is 0 Å². The second kappa shape index (κ2) is 7.43. The molecule has 4 heteroatoms. The van der Waals surface area contributed by atoms with Gasteiger partial charge in [-0.2, -0.15) is 0 Å². The van der Waals surface area contributed by atoms with Gasteiger partial charge in [-0.3, -0.25) is 0 Å². The molecular formula is C11H21N3O. The zero-order chi connectivity index (χ0) is 10.9. The van der Waals surface area contributed by atoms with Crippen LogP contribution in [0.3, 0.4) is 0 Å². The summed E-state index contributed by atoms with van der Waals surface area (Å²) in [6, 6.07) is 0.456. The first kappa shape index (κ1) is 12.2. The Kier molecular flexibility index (Phi) is 6.04. The lowest BCUT2D eigenvalue weighted by atomic mass is 10.1. The number of nitrogens with one attached hydrogen (secondary N) is 1. The molecule has 2 N–H and O–H groups in total. The minimum atomic E-state index is 0.271. The van der Waals surface area contributed by atoms with Crippen molar-refractivity contribution in [3.05, 3.63) is 18.7 Å². The van der Waals surface area contributed by atoms with Crippen LogP contribution in [0, 0.1) is 0 Å². The zero-order valence-corrected chi connectivity index (χ0v) is 9.39. The van der Waals surface area contributed by atoms with Gasteiger partial charge in [0.2, 0.25) is 0 Å². The molecule has 0 aliphatic heterocycles. The van der Waals surface area contributed by atoms with Crippen molar-refractivity contribution < 1.29 is 5.11 Å². The maximum Gasteiger partial charge on any atom is 0.0945 e. The van der Waals surface area contributed by atoms with Gasteiger partial charge in [-0.15, -0.1) is 0 Å². The monoisotopic (exact) mass is 211 g/mol. The van der Waals surface area contributed by atoms with Crippen LogP contribution >= 0.6 is 0 Å². The lowest BCUT2D eigenvalue weighted by molar-refractivity contribution is 0.262. The fraction of sp³-hybridized carbons (Fsp3) is 0.727. The molecule has 1 aromatic heterocycles. The number of aryl methyl sites for hydroxylation is 1. The second-order valence-electron chi connectivity index (χ2n) is 3.73. The summed E-state index contributed by atoms with van der Waals surface area (Å²) in [5.74, 6) is 0. The summed E-state index contributed by atoms with van der Waals surface area (Å²) < 4.78 is 2.08. The highest BCUT2D eigenvalue weighted by molar-refractivity contribution is 4.74. The molecule has 0 aromatic carbocycles. The number of aromatic nitrogens is 2. The van der Waals surface area contributed by atoms with Crippen molar-refractivity contribution in [2.45, 2.75) is 38.8 Å². The molecule has 1 unspecified atom stereocenters. The van der Waals surface area contributed by atoms with Crippen LogP contribution in [0.5, 0.6) is 0 Å². The van der Waals surface area contributed by atoms with Crippen molar-refractivity contribution in [3.63, 3.8) is 0 Å². The number of rotatable bonds is 8. The van der Waals surface area contributed by atoms with Crippen molar-refractivity contribution >= 4 is 0 Å². The van der Waals surface area contributed by atoms with E-state index in [-0.39, 0.29) is 6.61 Å². The third kappa shape index (κ3) is 4.95. The molecule has 1 heterocycles. The third-order valence-electron chi connectivity index (χ3n) is 2.56. The Labute approximate surface area is 91.3 Å². The maximum atomic E-state index is 8.82. The molecule has 15 heavy (non-hydrogen) atoms. The van der Waals surface area contributed by atoms with Gasteiger partial charge in [-0.25, -0.2) is 4.98 Å². The molecule has 0 saturated carbocycles. The molecule has 0 radical (unpaired) electrons. The largest absolute Gasteiger partial charge is 0.396 e. The van der Waals surface area contributed by atoms with Crippen molar-refractivity contribution in [2.75, 3.05) is 13.2 Å². The summed E-state index contributed by atoms with van der Waals surface area (Å²) in [7, 11) is 0. The van der Waals surface area contributed by atoms with E-state index in [0.717, 1.165) is 32.4 Å². The number of imidazole rings is 1. The number of nitrogens with zero attached hydrogens (tertiary/aromatic N) is 2. The average Bonchev–Trinajstić information content (AvgIpc) is 2.75. The van der Waals surface area contributed by atoms with E-state index in [1.54, 1.807) is 6.20 Å². The summed E-state index contributed by atoms with van der Waals surface area (Å²) in [5.41, 5.74) is 0. The van der Waals surface area contributed by atoms with E-state index < -0.39 is 0 Å². The van der Waals surface area contributed by atoms with Crippen molar-refractivity contribution in [3.8, 4) is 0 Å². The second-order valence-corrected chi connectivity index (χ2v) is 3.73. The Morgan fingerprint density at radius 2 is 2.40 bits per heavy atom. The van der Waals surface area contributed by atoms with Crippen LogP contribution in [-0.2, 0) is 6.54 Å². The number of hydrogen-bond donors (Lipinski definition) is 2. The molecule has 0 saturated heterocycles. The molecule has 4 nitrogen and oxygen atoms in total. The minimum Gasteiger partial charge on any atom is -0.396 e. The van der Waals surface area contributed by atoms with Crippen LogP contribution in [0.15, 0.2) is 18.7 Å². The standard InChI is InChI=1S/C11H21N3O/c1-2-11(4-9-15)13-5-3-7-14-8-6-12-10-14/h6,8,10-11,13,15H,2-5,7,9H2,1H3. The average molecular weight is 211 g/mol. The summed E-state index contributed by atoms with van der Waals surface area (Å²) in [4.78, 5) is 3.99. The Hall–Kier alpha value is -0.870. The molecule has 0 spiro atoms. The highest BCUT2D eigenvalue weighted by Gasteiger charge is 2.03. The molecular weight excluding hydrogens is 190 g/mol. The number of aliphatic hydroxyl groups is 1. The van der Waals surface area contributed by atoms with Gasteiger partial charge in [0.05, 0.1) is 6.33 Å². The number of hydrogen-bond acceptors (Lipinski definition) is 3. The van der Waals surface area contributed by atoms with Crippen molar-refractivity contribution in [2.24, 2.45) is 0 Å². The van der Waals surface area contributed by atoms with E-state index in [1.807, 2.05) is 12.5 Å². The Morgan fingerprint density at radius 3 is 3.00 bits per heavy atom. The van der Waals surface area contributed by atoms with Crippen LogP contribution < -0.4 is 5.32 Å². The molecule has 0 amide bonds. The summed E-state index contributed by atoms with van der Waals surface area (Å²) in [6.07, 6.45) is 8.63. The van der Waals surface area contributed by atoms with E-state index >= 15 is 0 Å². The van der Waals surface area contributed by atoms with Gasteiger partial charge in [-0.1, -0.05) is 6.92 Å². The Bertz CT molecular complexity index is 236. The fourth-order valence-electron chi connectivity index (χ4n) is 1.59. The molecule has 0 fully saturated rings. The van der Waals surface area contributed by atoms with E-state index in [2.05, 4.69) is 21.8 Å². The third-order valence-corrected chi connectivity index (χ3v) is 2.56. The highest BCUT2D eigenvalue weighted by Crippen LogP contribution is 1.97. The lowest BCUT2D eigenvalue weighted by Crippen LogP contribution is -2.30. The zero-order valence-electron chi connectivity index (χ0n) is 9.39. The lowest BCUT2D eigenvalue weighted by Gasteiger charge is -2.15. The molecule has 0 bridgehead atoms. The van der Waals surface area contributed by atoms with Crippen molar-refractivity contribution in [1.82, 2.24) is 14.9 Å². The van der Waals surface area contributed by atoms with Gasteiger partial charge in [0.1, 0.15) is 0 Å². The van der Waals surface area contributed by atoms with E-state index in [4.69, 9.17) is 5.11 Å². The van der Waals surface area contributed by atoms with Crippen molar-refractivity contribution in [1.29, 1.82) is 0 Å². The highest BCUT2D eigenvalue weighted by atomic mass is 16.3. The first-order valence-corrected chi connectivity index (χ1v) is 5.66. The SMILES string of the molecule is CCC(CCO)NCCCn1ccnc1. The minimum absolute atomic E-state index is 0.271. The quantitative estimate of drug-likeness (QED) is 0.631. The van der Waals surface area contributed by atoms with Crippen LogP contribution in [0.1, 0.15) is 26.2 Å². The Morgan fingerprint density at radius 1 is 1.53 bits per heavy atom. The fourth-order valence-corrected chi connectivity index (χ4v) is 1.59. The normalized spacial score (nSPS) is 12.9. The van der Waals surface area contributed by atoms with Gasteiger partial charge in [0, 0.05) is 31.6 Å². The number of aliphatic hydroxyl groups excluding tert-OH is 1. The van der Waals surface area contributed by atoms with E-state index in [0.29, 0.717) is 6.04 Å². The molecule has 86 valence electrons. The topological polar surface area (TPSA) is 50.1 Å². The first-order valence-electron chi connectivity index (χ1n) is 5.66. The summed E-state index contributed by atoms with van der Waals surface area (Å²) in [5, 5.41) is 12.3. The molecule has 0 aliphatic rings. The van der Waals surface area contributed by atoms with Gasteiger partial charge in [-0.05, 0) is 25.8 Å². The smallest absolute Gasteiger partial charge is 0.0945 e. The first-order chi connectivity index (χ1) is 7.36. The summed E-state index contributed by atoms with van der Waals surface area (Å²) >= 11 is 0. The van der Waals surface area contributed by atoms with Crippen LogP contribution in [0.2, 0.25) is 0 Å². The van der Waals surface area contributed by atoms with Gasteiger partial charge >= 0.3 is 0 Å². The predicted octanol–water partition coefficient (Wildman–Crippen LogP) is 1.02. The molecule has 1 rings (SSSR count).